The van der Waals surface area contributed by atoms with E-state index >= 15 is 0 Å². The van der Waals surface area contributed by atoms with Gasteiger partial charge in [0.25, 0.3) is 0 Å². The van der Waals surface area contributed by atoms with E-state index in [1.807, 2.05) is 6.92 Å². The average Bonchev–Trinajstić information content (AvgIpc) is 2.45. The van der Waals surface area contributed by atoms with Crippen molar-refractivity contribution in [3.8, 4) is 0 Å². The Kier molecular flexibility index (Phi) is 5.92. The van der Waals surface area contributed by atoms with Crippen molar-refractivity contribution in [2.24, 2.45) is 5.92 Å². The maximum Gasteiger partial charge on any atom is 0.180 e. The Bertz CT molecular complexity index is 622. The van der Waals surface area contributed by atoms with E-state index in [2.05, 4.69) is 32.9 Å². The van der Waals surface area contributed by atoms with Crippen molar-refractivity contribution in [3.05, 3.63) is 34.4 Å². The number of ketones is 2. The molecule has 130 valence electrons. The molecule has 1 saturated carbocycles. The van der Waals surface area contributed by atoms with Crippen LogP contribution in [0.1, 0.15) is 60.8 Å². The lowest BCUT2D eigenvalue weighted by Gasteiger charge is -2.29. The number of Topliss-reactive ketones (excluding diaryl/α,β-unsaturated/α-hetero) is 2. The van der Waals surface area contributed by atoms with Crippen LogP contribution in [0.25, 0.3) is 0 Å². The summed E-state index contributed by atoms with van der Waals surface area (Å²) in [5.74, 6) is -0.383. The second-order valence-corrected chi connectivity index (χ2v) is 6.80. The van der Waals surface area contributed by atoms with Gasteiger partial charge in [0.15, 0.2) is 5.90 Å². The lowest BCUT2D eigenvalue weighted by Crippen LogP contribution is -2.33. The minimum absolute atomic E-state index is 0.00630. The average molecular weight is 329 g/mol. The van der Waals surface area contributed by atoms with Crippen molar-refractivity contribution < 1.29 is 14.3 Å². The SMILES string of the molecule is CCOC(=N)CCC1C(=O)CC(c2c(C)cc(C)cc2C)CC1=O. The van der Waals surface area contributed by atoms with Crippen LogP contribution in [0.15, 0.2) is 12.1 Å². The molecule has 0 aromatic heterocycles. The molecule has 0 radical (unpaired) electrons. The second-order valence-electron chi connectivity index (χ2n) is 6.80. The van der Waals surface area contributed by atoms with Gasteiger partial charge in [-0.3, -0.25) is 15.0 Å². The molecule has 0 amide bonds. The predicted octanol–water partition coefficient (Wildman–Crippen LogP) is 4.04. The Balaban J connectivity index is 2.10. The van der Waals surface area contributed by atoms with Crippen LogP contribution in [0.3, 0.4) is 0 Å². The van der Waals surface area contributed by atoms with Crippen molar-refractivity contribution in [1.82, 2.24) is 0 Å². The summed E-state index contributed by atoms with van der Waals surface area (Å²) in [6, 6.07) is 4.24. The number of ether oxygens (including phenoxy) is 1. The summed E-state index contributed by atoms with van der Waals surface area (Å²) >= 11 is 0. The molecular weight excluding hydrogens is 302 g/mol. The Labute approximate surface area is 144 Å². The molecule has 1 fully saturated rings. The molecule has 1 N–H and O–H groups in total. The van der Waals surface area contributed by atoms with Gasteiger partial charge in [0.1, 0.15) is 11.6 Å². The minimum Gasteiger partial charge on any atom is -0.481 e. The quantitative estimate of drug-likeness (QED) is 0.503. The first-order chi connectivity index (χ1) is 11.3. The normalized spacial score (nSPS) is 21.0. The molecular formula is C20H27NO3. The number of hydrogen-bond acceptors (Lipinski definition) is 4. The number of rotatable bonds is 5. The van der Waals surface area contributed by atoms with E-state index < -0.39 is 5.92 Å². The molecule has 0 aliphatic heterocycles. The van der Waals surface area contributed by atoms with Crippen LogP contribution in [0, 0.1) is 32.1 Å². The number of aryl methyl sites for hydroxylation is 3. The molecule has 0 bridgehead atoms. The Morgan fingerprint density at radius 3 is 2.17 bits per heavy atom. The van der Waals surface area contributed by atoms with E-state index in [-0.39, 0.29) is 23.4 Å². The lowest BCUT2D eigenvalue weighted by molar-refractivity contribution is -0.136. The van der Waals surface area contributed by atoms with Crippen LogP contribution in [-0.2, 0) is 14.3 Å². The van der Waals surface area contributed by atoms with Gasteiger partial charge in [-0.05, 0) is 56.7 Å². The van der Waals surface area contributed by atoms with Gasteiger partial charge in [-0.25, -0.2) is 0 Å². The monoisotopic (exact) mass is 329 g/mol. The van der Waals surface area contributed by atoms with Crippen LogP contribution in [0.2, 0.25) is 0 Å². The first-order valence-corrected chi connectivity index (χ1v) is 8.66. The van der Waals surface area contributed by atoms with E-state index in [1.165, 1.54) is 5.56 Å². The highest BCUT2D eigenvalue weighted by Crippen LogP contribution is 2.37. The summed E-state index contributed by atoms with van der Waals surface area (Å²) in [5.41, 5.74) is 4.68. The molecule has 4 heteroatoms. The van der Waals surface area contributed by atoms with Crippen LogP contribution in [0.5, 0.6) is 0 Å². The number of nitrogens with one attached hydrogen (secondary N) is 1. The standard InChI is InChI=1S/C20H27NO3/c1-5-24-19(21)7-6-16-17(22)10-15(11-18(16)23)20-13(3)8-12(2)9-14(20)4/h8-9,15-16,21H,5-7,10-11H2,1-4H3. The van der Waals surface area contributed by atoms with Gasteiger partial charge < -0.3 is 4.74 Å². The van der Waals surface area contributed by atoms with Gasteiger partial charge in [0.2, 0.25) is 0 Å². The summed E-state index contributed by atoms with van der Waals surface area (Å²) in [6.45, 7) is 8.44. The zero-order chi connectivity index (χ0) is 17.9. The van der Waals surface area contributed by atoms with Crippen LogP contribution in [0.4, 0.5) is 0 Å². The number of carbonyl (C=O) groups is 2. The highest BCUT2D eigenvalue weighted by atomic mass is 16.5. The molecule has 1 aromatic carbocycles. The Hall–Kier alpha value is -1.97. The smallest absolute Gasteiger partial charge is 0.180 e. The highest BCUT2D eigenvalue weighted by Gasteiger charge is 2.36. The van der Waals surface area contributed by atoms with Gasteiger partial charge in [-0.1, -0.05) is 17.7 Å². The number of carbonyl (C=O) groups excluding carboxylic acids is 2. The van der Waals surface area contributed by atoms with E-state index in [0.717, 1.165) is 16.7 Å². The van der Waals surface area contributed by atoms with E-state index in [9.17, 15) is 9.59 Å². The molecule has 24 heavy (non-hydrogen) atoms. The molecule has 0 unspecified atom stereocenters. The van der Waals surface area contributed by atoms with E-state index in [0.29, 0.717) is 32.3 Å². The molecule has 0 spiro atoms. The van der Waals surface area contributed by atoms with E-state index in [4.69, 9.17) is 10.1 Å². The molecule has 0 atom stereocenters. The van der Waals surface area contributed by atoms with Gasteiger partial charge in [-0.2, -0.15) is 0 Å². The minimum atomic E-state index is -0.562. The third kappa shape index (κ3) is 4.11. The molecule has 0 heterocycles. The number of benzene rings is 1. The molecule has 1 aliphatic rings. The fraction of sp³-hybridized carbons (Fsp3) is 0.550. The maximum atomic E-state index is 12.5. The van der Waals surface area contributed by atoms with Crippen molar-refractivity contribution in [2.75, 3.05) is 6.61 Å². The van der Waals surface area contributed by atoms with Crippen LogP contribution >= 0.6 is 0 Å². The summed E-state index contributed by atoms with van der Waals surface area (Å²) in [6.07, 6.45) is 1.59. The Morgan fingerprint density at radius 1 is 1.12 bits per heavy atom. The van der Waals surface area contributed by atoms with Crippen molar-refractivity contribution >= 4 is 17.5 Å². The van der Waals surface area contributed by atoms with Crippen molar-refractivity contribution in [1.29, 1.82) is 5.41 Å². The molecule has 1 aromatic rings. The second kappa shape index (κ2) is 7.73. The maximum absolute atomic E-state index is 12.5. The summed E-state index contributed by atoms with van der Waals surface area (Å²) < 4.78 is 5.10. The van der Waals surface area contributed by atoms with Gasteiger partial charge in [0, 0.05) is 19.3 Å². The van der Waals surface area contributed by atoms with Gasteiger partial charge in [0.05, 0.1) is 12.5 Å². The lowest BCUT2D eigenvalue weighted by atomic mass is 9.73. The first-order valence-electron chi connectivity index (χ1n) is 8.66. The van der Waals surface area contributed by atoms with Crippen molar-refractivity contribution in [3.63, 3.8) is 0 Å². The molecule has 4 nitrogen and oxygen atoms in total. The van der Waals surface area contributed by atoms with Crippen molar-refractivity contribution in [2.45, 2.75) is 59.3 Å². The summed E-state index contributed by atoms with van der Waals surface area (Å²) in [7, 11) is 0. The molecule has 2 rings (SSSR count). The Morgan fingerprint density at radius 2 is 1.67 bits per heavy atom. The summed E-state index contributed by atoms with van der Waals surface area (Å²) in [4.78, 5) is 25.0. The third-order valence-corrected chi connectivity index (χ3v) is 4.80. The van der Waals surface area contributed by atoms with Gasteiger partial charge in [-0.15, -0.1) is 0 Å². The third-order valence-electron chi connectivity index (χ3n) is 4.80. The first kappa shape index (κ1) is 18.4. The largest absolute Gasteiger partial charge is 0.481 e. The topological polar surface area (TPSA) is 67.2 Å². The van der Waals surface area contributed by atoms with Crippen LogP contribution < -0.4 is 0 Å². The van der Waals surface area contributed by atoms with E-state index in [1.54, 1.807) is 0 Å². The number of hydrogen-bond donors (Lipinski definition) is 1. The zero-order valence-electron chi connectivity index (χ0n) is 15.1. The van der Waals surface area contributed by atoms with Crippen LogP contribution in [-0.4, -0.2) is 24.1 Å². The summed E-state index contributed by atoms with van der Waals surface area (Å²) in [5, 5.41) is 7.64. The fourth-order valence-electron chi connectivity index (χ4n) is 3.91. The molecule has 0 saturated heterocycles. The fourth-order valence-corrected chi connectivity index (χ4v) is 3.91. The van der Waals surface area contributed by atoms with Gasteiger partial charge >= 0.3 is 0 Å². The predicted molar refractivity (Wildman–Crippen MR) is 94.7 cm³/mol. The highest BCUT2D eigenvalue weighted by molar-refractivity contribution is 6.05. The molecule has 1 aliphatic carbocycles. The zero-order valence-corrected chi connectivity index (χ0v) is 15.1.